The zero-order valence-corrected chi connectivity index (χ0v) is 12.8. The first-order chi connectivity index (χ1) is 9.69. The Balaban J connectivity index is 0.00000220. The number of aromatic nitrogens is 2. The molecule has 1 aromatic carbocycles. The minimum atomic E-state index is -0.295. The lowest BCUT2D eigenvalue weighted by Gasteiger charge is -2.07. The molecular formula is C15H18ClN3O2. The molecule has 21 heavy (non-hydrogen) atoms. The Morgan fingerprint density at radius 1 is 1.24 bits per heavy atom. The van der Waals surface area contributed by atoms with Crippen LogP contribution in [0.2, 0.25) is 0 Å². The van der Waals surface area contributed by atoms with E-state index in [1.54, 1.807) is 12.1 Å². The number of rotatable bonds is 5. The fraction of sp³-hybridized carbons (Fsp3) is 0.267. The van der Waals surface area contributed by atoms with Gasteiger partial charge in [0.25, 0.3) is 0 Å². The molecule has 0 saturated carbocycles. The Morgan fingerprint density at radius 2 is 1.95 bits per heavy atom. The summed E-state index contributed by atoms with van der Waals surface area (Å²) in [5, 5.41) is 3.15. The van der Waals surface area contributed by atoms with E-state index >= 15 is 0 Å². The highest BCUT2D eigenvalue weighted by Crippen LogP contribution is 2.15. The molecule has 0 aliphatic carbocycles. The van der Waals surface area contributed by atoms with Crippen molar-refractivity contribution in [1.29, 1.82) is 0 Å². The van der Waals surface area contributed by atoms with Crippen LogP contribution in [0.15, 0.2) is 36.7 Å². The maximum atomic E-state index is 11.7. The minimum absolute atomic E-state index is 0. The van der Waals surface area contributed by atoms with Gasteiger partial charge in [-0.3, -0.25) is 0 Å². The molecule has 0 unspecified atom stereocenters. The smallest absolute Gasteiger partial charge is 0.338 e. The van der Waals surface area contributed by atoms with Gasteiger partial charge in [0.05, 0.1) is 12.2 Å². The van der Waals surface area contributed by atoms with E-state index < -0.39 is 0 Å². The van der Waals surface area contributed by atoms with Crippen LogP contribution in [0, 0.1) is 6.92 Å². The average Bonchev–Trinajstić information content (AvgIpc) is 2.45. The zero-order chi connectivity index (χ0) is 14.4. The summed E-state index contributed by atoms with van der Waals surface area (Å²) in [6.07, 6.45) is 2.33. The molecule has 1 aromatic heterocycles. The summed E-state index contributed by atoms with van der Waals surface area (Å²) in [5.41, 5.74) is 2.29. The summed E-state index contributed by atoms with van der Waals surface area (Å²) < 4.78 is 5.07. The van der Waals surface area contributed by atoms with Gasteiger partial charge >= 0.3 is 5.97 Å². The highest BCUT2D eigenvalue weighted by atomic mass is 35.5. The van der Waals surface area contributed by atoms with Crippen LogP contribution in [0.3, 0.4) is 0 Å². The summed E-state index contributed by atoms with van der Waals surface area (Å²) in [4.78, 5) is 19.8. The summed E-state index contributed by atoms with van der Waals surface area (Å²) in [7, 11) is 0. The second kappa shape index (κ2) is 8.21. The normalized spacial score (nSPS) is 9.62. The summed E-state index contributed by atoms with van der Waals surface area (Å²) in [6.45, 7) is 4.31. The van der Waals surface area contributed by atoms with Crippen molar-refractivity contribution in [3.05, 3.63) is 47.9 Å². The van der Waals surface area contributed by atoms with E-state index in [9.17, 15) is 4.79 Å². The molecule has 0 atom stereocenters. The molecule has 0 aliphatic rings. The van der Waals surface area contributed by atoms with Crippen molar-refractivity contribution in [2.75, 3.05) is 11.9 Å². The SMILES string of the molecule is CCCOC(=O)c1ccc(Nc2cc(C)ncn2)cc1.Cl. The second-order valence-corrected chi connectivity index (χ2v) is 4.38. The summed E-state index contributed by atoms with van der Waals surface area (Å²) in [6, 6.07) is 8.95. The van der Waals surface area contributed by atoms with Crippen LogP contribution in [0.25, 0.3) is 0 Å². The monoisotopic (exact) mass is 307 g/mol. The Bertz CT molecular complexity index is 588. The van der Waals surface area contributed by atoms with Crippen LogP contribution >= 0.6 is 12.4 Å². The fourth-order valence-electron chi connectivity index (χ4n) is 1.64. The van der Waals surface area contributed by atoms with E-state index in [1.807, 2.05) is 32.0 Å². The van der Waals surface area contributed by atoms with Crippen molar-refractivity contribution in [3.8, 4) is 0 Å². The molecule has 0 fully saturated rings. The third-order valence-electron chi connectivity index (χ3n) is 2.63. The number of anilines is 2. The van der Waals surface area contributed by atoms with E-state index in [2.05, 4.69) is 15.3 Å². The van der Waals surface area contributed by atoms with Gasteiger partial charge in [-0.25, -0.2) is 14.8 Å². The van der Waals surface area contributed by atoms with Crippen LogP contribution in [-0.2, 0) is 4.74 Å². The van der Waals surface area contributed by atoms with Gasteiger partial charge in [-0.15, -0.1) is 12.4 Å². The molecule has 0 saturated heterocycles. The van der Waals surface area contributed by atoms with Gasteiger partial charge < -0.3 is 10.1 Å². The first kappa shape index (κ1) is 16.9. The molecule has 0 spiro atoms. The number of halogens is 1. The van der Waals surface area contributed by atoms with Crippen LogP contribution in [0.5, 0.6) is 0 Å². The molecule has 0 bridgehead atoms. The number of esters is 1. The van der Waals surface area contributed by atoms with Gasteiger partial charge in [0.1, 0.15) is 12.1 Å². The van der Waals surface area contributed by atoms with Crippen LogP contribution in [-0.4, -0.2) is 22.5 Å². The third kappa shape index (κ3) is 5.04. The molecule has 1 heterocycles. The minimum Gasteiger partial charge on any atom is -0.462 e. The Hall–Kier alpha value is -2.14. The van der Waals surface area contributed by atoms with Gasteiger partial charge in [-0.1, -0.05) is 6.92 Å². The van der Waals surface area contributed by atoms with Crippen molar-refractivity contribution < 1.29 is 9.53 Å². The highest BCUT2D eigenvalue weighted by molar-refractivity contribution is 5.89. The summed E-state index contributed by atoms with van der Waals surface area (Å²) in [5.74, 6) is 0.426. The van der Waals surface area contributed by atoms with Crippen LogP contribution in [0.4, 0.5) is 11.5 Å². The lowest BCUT2D eigenvalue weighted by molar-refractivity contribution is 0.0505. The highest BCUT2D eigenvalue weighted by Gasteiger charge is 2.06. The van der Waals surface area contributed by atoms with Crippen molar-refractivity contribution in [2.45, 2.75) is 20.3 Å². The fourth-order valence-corrected chi connectivity index (χ4v) is 1.64. The Labute approximate surface area is 130 Å². The predicted molar refractivity (Wildman–Crippen MR) is 84.3 cm³/mol. The van der Waals surface area contributed by atoms with Crippen molar-refractivity contribution in [2.24, 2.45) is 0 Å². The first-order valence-corrected chi connectivity index (χ1v) is 6.52. The van der Waals surface area contributed by atoms with Crippen LogP contribution < -0.4 is 5.32 Å². The van der Waals surface area contributed by atoms with Gasteiger partial charge in [-0.05, 0) is 37.6 Å². The standard InChI is InChI=1S/C15H17N3O2.ClH/c1-3-8-20-15(19)12-4-6-13(7-5-12)18-14-9-11(2)16-10-17-14;/h4-7,9-10H,3,8H2,1-2H3,(H,16,17,18);1H. The van der Waals surface area contributed by atoms with Crippen molar-refractivity contribution in [3.63, 3.8) is 0 Å². The van der Waals surface area contributed by atoms with Crippen molar-refractivity contribution in [1.82, 2.24) is 9.97 Å². The number of hydrogen-bond acceptors (Lipinski definition) is 5. The lowest BCUT2D eigenvalue weighted by atomic mass is 10.2. The third-order valence-corrected chi connectivity index (χ3v) is 2.63. The molecule has 1 N–H and O–H groups in total. The second-order valence-electron chi connectivity index (χ2n) is 4.38. The maximum absolute atomic E-state index is 11.7. The lowest BCUT2D eigenvalue weighted by Crippen LogP contribution is -2.05. The Morgan fingerprint density at radius 3 is 2.57 bits per heavy atom. The number of nitrogens with zero attached hydrogens (tertiary/aromatic N) is 2. The zero-order valence-electron chi connectivity index (χ0n) is 12.0. The number of carbonyl (C=O) groups is 1. The largest absolute Gasteiger partial charge is 0.462 e. The number of aryl methyl sites for hydroxylation is 1. The number of ether oxygens (including phenoxy) is 1. The average molecular weight is 308 g/mol. The quantitative estimate of drug-likeness (QED) is 0.856. The number of benzene rings is 1. The van der Waals surface area contributed by atoms with E-state index in [-0.39, 0.29) is 18.4 Å². The van der Waals surface area contributed by atoms with Gasteiger partial charge in [0.15, 0.2) is 0 Å². The van der Waals surface area contributed by atoms with Gasteiger partial charge in [-0.2, -0.15) is 0 Å². The molecule has 0 radical (unpaired) electrons. The number of hydrogen-bond donors (Lipinski definition) is 1. The Kier molecular flexibility index (Phi) is 6.62. The van der Waals surface area contributed by atoms with E-state index in [1.165, 1.54) is 6.33 Å². The van der Waals surface area contributed by atoms with E-state index in [0.29, 0.717) is 12.2 Å². The van der Waals surface area contributed by atoms with Crippen molar-refractivity contribution >= 4 is 29.9 Å². The van der Waals surface area contributed by atoms with Crippen LogP contribution in [0.1, 0.15) is 29.4 Å². The van der Waals surface area contributed by atoms with E-state index in [0.717, 1.165) is 23.6 Å². The van der Waals surface area contributed by atoms with Gasteiger partial charge in [0.2, 0.25) is 0 Å². The van der Waals surface area contributed by atoms with E-state index in [4.69, 9.17) is 4.74 Å². The number of carbonyl (C=O) groups excluding carboxylic acids is 1. The topological polar surface area (TPSA) is 64.1 Å². The molecular weight excluding hydrogens is 290 g/mol. The molecule has 2 aromatic rings. The predicted octanol–water partition coefficient (Wildman–Crippen LogP) is 3.52. The molecule has 2 rings (SSSR count). The molecule has 5 nitrogen and oxygen atoms in total. The molecule has 0 aliphatic heterocycles. The van der Waals surface area contributed by atoms with Gasteiger partial charge in [0, 0.05) is 17.4 Å². The molecule has 6 heteroatoms. The molecule has 112 valence electrons. The molecule has 0 amide bonds. The first-order valence-electron chi connectivity index (χ1n) is 6.52. The summed E-state index contributed by atoms with van der Waals surface area (Å²) >= 11 is 0. The maximum Gasteiger partial charge on any atom is 0.338 e. The number of nitrogens with one attached hydrogen (secondary N) is 1.